The molecule has 4 rings (SSSR count). The first kappa shape index (κ1) is 114. The number of isocyanates is 4. The van der Waals surface area contributed by atoms with Gasteiger partial charge in [0, 0.05) is 13.1 Å². The number of nitrogens with zero attached hydrogens (tertiary/aromatic N) is 4. The van der Waals surface area contributed by atoms with Gasteiger partial charge >= 0.3 is 0 Å². The Hall–Kier alpha value is -3.86. The average molecular weight is 1680 g/mol. The molecular formula is C96H180N4O4Si8. The van der Waals surface area contributed by atoms with Crippen LogP contribution >= 0.6 is 0 Å². The van der Waals surface area contributed by atoms with E-state index in [1.54, 1.807) is 55.3 Å². The minimum atomic E-state index is -1.37. The summed E-state index contributed by atoms with van der Waals surface area (Å²) in [6.45, 7) is 64.0. The Morgan fingerprint density at radius 3 is 0.732 bits per heavy atom. The van der Waals surface area contributed by atoms with Crippen molar-refractivity contribution in [3.05, 3.63) is 97.1 Å². The molecule has 0 spiro atoms. The number of rotatable bonds is 50. The van der Waals surface area contributed by atoms with Crippen LogP contribution in [0.2, 0.25) is 128 Å². The highest BCUT2D eigenvalue weighted by Crippen LogP contribution is 2.34. The monoisotopic (exact) mass is 1680 g/mol. The zero-order chi connectivity index (χ0) is 85.3. The lowest BCUT2D eigenvalue weighted by atomic mass is 10.0. The van der Waals surface area contributed by atoms with Crippen LogP contribution in [-0.2, 0) is 19.2 Å². The van der Waals surface area contributed by atoms with Crippen molar-refractivity contribution in [2.75, 3.05) is 26.2 Å². The van der Waals surface area contributed by atoms with E-state index in [9.17, 15) is 9.59 Å². The summed E-state index contributed by atoms with van der Waals surface area (Å²) in [6, 6.07) is 41.9. The largest absolute Gasteiger partial charge is 0.234 e. The van der Waals surface area contributed by atoms with E-state index in [1.165, 1.54) is 229 Å². The maximum absolute atomic E-state index is 9.39. The summed E-state index contributed by atoms with van der Waals surface area (Å²) in [5.74, 6) is 0. The van der Waals surface area contributed by atoms with E-state index in [0.29, 0.717) is 26.2 Å². The number of hydrogen-bond donors (Lipinski definition) is 0. The molecule has 0 aliphatic heterocycles. The molecule has 0 N–H and O–H groups in total. The first-order chi connectivity index (χ1) is 53.5. The van der Waals surface area contributed by atoms with Gasteiger partial charge in [-0.3, -0.25) is 0 Å². The quantitative estimate of drug-likeness (QED) is 0.0189. The van der Waals surface area contributed by atoms with E-state index in [-0.39, 0.29) is 0 Å². The Bertz CT molecular complexity index is 2930. The molecule has 2 atom stereocenters. The molecule has 4 aromatic carbocycles. The summed E-state index contributed by atoms with van der Waals surface area (Å²) in [7, 11) is -7.63. The van der Waals surface area contributed by atoms with Gasteiger partial charge in [-0.05, 0) is 37.8 Å². The molecule has 0 bridgehead atoms. The average Bonchev–Trinajstić information content (AvgIpc) is 0.820. The maximum Gasteiger partial charge on any atom is 0.234 e. The van der Waals surface area contributed by atoms with Gasteiger partial charge in [0.05, 0.1) is 80.6 Å². The molecule has 0 saturated heterocycles. The van der Waals surface area contributed by atoms with Crippen LogP contribution in [0, 0.1) is 0 Å². The summed E-state index contributed by atoms with van der Waals surface area (Å²) in [5, 5.41) is 13.1. The van der Waals surface area contributed by atoms with Gasteiger partial charge in [0.25, 0.3) is 0 Å². The summed E-state index contributed by atoms with van der Waals surface area (Å²) >= 11 is 0. The van der Waals surface area contributed by atoms with E-state index < -0.39 is 67.5 Å². The molecule has 0 saturated carbocycles. The van der Waals surface area contributed by atoms with Crippen LogP contribution in [0.25, 0.3) is 0 Å². The highest BCUT2D eigenvalue weighted by atomic mass is 28.3. The molecule has 640 valence electrons. The van der Waals surface area contributed by atoms with Crippen molar-refractivity contribution in [2.24, 2.45) is 20.0 Å². The molecule has 16 heteroatoms. The summed E-state index contributed by atoms with van der Waals surface area (Å²) in [6.07, 6.45) is 52.6. The third-order valence-electron chi connectivity index (χ3n) is 22.7. The van der Waals surface area contributed by atoms with Crippen molar-refractivity contribution < 1.29 is 19.2 Å². The number of unbranched alkanes of at least 4 members (excludes halogenated alkanes) is 23. The van der Waals surface area contributed by atoms with Gasteiger partial charge in [0.2, 0.25) is 24.3 Å². The van der Waals surface area contributed by atoms with Gasteiger partial charge in [0.15, 0.2) is 0 Å². The van der Waals surface area contributed by atoms with E-state index >= 15 is 0 Å². The normalized spacial score (nSPS) is 11.6. The molecule has 0 aromatic heterocycles. The zero-order valence-electron chi connectivity index (χ0n) is 78.4. The molecule has 4 aromatic rings. The van der Waals surface area contributed by atoms with Gasteiger partial charge in [0.1, 0.15) is 0 Å². The summed E-state index contributed by atoms with van der Waals surface area (Å²) in [4.78, 5) is 50.0. The number of benzene rings is 4. The SMILES string of the molecule is CCCCCCCCCC(CC)[Si](C)(C)c1ccc([SiH](C)C)cc1.CCCCCCCCCC(CCCC)[Si](C)(C)c1ccc([SiH](C)C)cc1.CCCCCCCC[Si](C)(C)c1ccc([SiH](C)C)cc1.CCCCCC[Si](C)(C)c1ccc([SiH](C)C)cc1.CCCCN=C=O.CCCCN=C=O.CCN=C=O.CCN=C=O. The van der Waals surface area contributed by atoms with Crippen LogP contribution in [0.4, 0.5) is 0 Å². The fourth-order valence-corrected chi connectivity index (χ4v) is 29.7. The van der Waals surface area contributed by atoms with Crippen LogP contribution in [0.15, 0.2) is 117 Å². The van der Waals surface area contributed by atoms with Gasteiger partial charge in [-0.15, -0.1) is 0 Å². The third kappa shape index (κ3) is 59.7. The zero-order valence-corrected chi connectivity index (χ0v) is 87.0. The van der Waals surface area contributed by atoms with Crippen LogP contribution in [0.1, 0.15) is 288 Å². The van der Waals surface area contributed by atoms with Crippen LogP contribution < -0.4 is 41.5 Å². The van der Waals surface area contributed by atoms with E-state index in [2.05, 4.69) is 277 Å². The lowest BCUT2D eigenvalue weighted by Gasteiger charge is -2.34. The van der Waals surface area contributed by atoms with Gasteiger partial charge in [-0.2, -0.15) is 0 Å². The Balaban J connectivity index is -0.000000633. The number of hydrogen-bond acceptors (Lipinski definition) is 8. The van der Waals surface area contributed by atoms with Crippen molar-refractivity contribution in [1.29, 1.82) is 0 Å². The molecule has 0 amide bonds. The number of carbonyl (C=O) groups excluding carboxylic acids is 4. The Kier molecular flexibility index (Phi) is 77.5. The van der Waals surface area contributed by atoms with Crippen LogP contribution in [0.5, 0.6) is 0 Å². The minimum Gasteiger partial charge on any atom is -0.211 e. The lowest BCUT2D eigenvalue weighted by Crippen LogP contribution is -2.46. The molecule has 0 aliphatic carbocycles. The fourth-order valence-electron chi connectivity index (χ4n) is 14.1. The molecule has 0 aliphatic rings. The Labute approximate surface area is 706 Å². The second-order valence-corrected chi connectivity index (χ2v) is 66.5. The van der Waals surface area contributed by atoms with Crippen molar-refractivity contribution in [1.82, 2.24) is 0 Å². The maximum atomic E-state index is 9.39. The molecular weight excluding hydrogens is 1500 g/mol. The second-order valence-electron chi connectivity index (χ2n) is 35.2. The highest BCUT2D eigenvalue weighted by molar-refractivity contribution is 6.92. The second kappa shape index (κ2) is 75.9. The lowest BCUT2D eigenvalue weighted by molar-refractivity contribution is 0.541. The van der Waals surface area contributed by atoms with Gasteiger partial charge in [-0.25, -0.2) is 39.1 Å². The van der Waals surface area contributed by atoms with E-state index in [4.69, 9.17) is 9.59 Å². The number of aliphatic imine (C=N–C) groups is 4. The molecule has 0 fully saturated rings. The smallest absolute Gasteiger partial charge is 0.211 e. The third-order valence-corrected chi connectivity index (χ3v) is 45.6. The summed E-state index contributed by atoms with van der Waals surface area (Å²) in [5.41, 5.74) is 1.90. The Morgan fingerprint density at radius 2 is 0.491 bits per heavy atom. The fraction of sp³-hybridized carbons (Fsp3) is 0.708. The first-order valence-electron chi connectivity index (χ1n) is 46.0. The minimum absolute atomic E-state index is 0.545. The van der Waals surface area contributed by atoms with E-state index in [0.717, 1.165) is 36.8 Å². The van der Waals surface area contributed by atoms with Gasteiger partial charge in [-0.1, -0.05) is 516 Å². The predicted octanol–water partition coefficient (Wildman–Crippen LogP) is 24.7. The van der Waals surface area contributed by atoms with Crippen molar-refractivity contribution in [2.45, 2.75) is 415 Å². The Morgan fingerprint density at radius 1 is 0.268 bits per heavy atom. The summed E-state index contributed by atoms with van der Waals surface area (Å²) < 4.78 is 0. The standard InChI is InChI=1S/C24H46Si2.C22H42Si2.C18H34Si2.C16H30Si2.2C5H9NO.2C3H5NO/c1-7-9-11-12-13-14-15-17-23(16-10-8-2)26(5,6)24-20-18-22(19-21-24)25(3)4;1-7-9-10-11-12-13-14-15-21(8-2)24(5,6)22-18-16-20(17-19-22)23(3)4;1-6-7-8-9-10-11-16-20(4,5)18-14-12-17(13-15-18)19(2)3;1-6-7-8-9-14-18(4,5)16-12-10-15(11-13-16)17(2)3;2*1-2-3-4-6-5-7;2*1-2-4-3-5/h18-21,23,25H,7-17H2,1-6H3;16-19,21,23H,7-15H2,1-6H3;12-15,19H,6-11,16H2,1-5H3;10-13,17H,6-9,14H2,1-5H3;2*2-4H2,1H3;2*2H2,1H3. The first-order valence-corrected chi connectivity index (χ1v) is 70.1. The van der Waals surface area contributed by atoms with Crippen molar-refractivity contribution >= 4 is 133 Å². The highest BCUT2D eigenvalue weighted by Gasteiger charge is 2.34. The molecule has 112 heavy (non-hydrogen) atoms. The van der Waals surface area contributed by atoms with Crippen LogP contribution in [-0.4, -0.2) is 118 Å². The van der Waals surface area contributed by atoms with E-state index in [1.807, 2.05) is 0 Å². The topological polar surface area (TPSA) is 118 Å². The van der Waals surface area contributed by atoms with Crippen molar-refractivity contribution in [3.63, 3.8) is 0 Å². The van der Waals surface area contributed by atoms with Gasteiger partial charge < -0.3 is 0 Å². The van der Waals surface area contributed by atoms with Crippen molar-refractivity contribution in [3.8, 4) is 0 Å². The molecule has 0 radical (unpaired) electrons. The molecule has 2 unspecified atom stereocenters. The molecule has 0 heterocycles. The van der Waals surface area contributed by atoms with Crippen LogP contribution in [0.3, 0.4) is 0 Å². The molecule has 8 nitrogen and oxygen atoms in total. The predicted molar refractivity (Wildman–Crippen MR) is 531 cm³/mol.